The SMILES string of the molecule is CC(C)c1cc(CC2CCCNC2)on1. The molecule has 1 unspecified atom stereocenters. The number of rotatable bonds is 3. The van der Waals surface area contributed by atoms with Gasteiger partial charge in [-0.05, 0) is 37.8 Å². The molecule has 0 aromatic carbocycles. The Balaban J connectivity index is 1.91. The van der Waals surface area contributed by atoms with Crippen molar-refractivity contribution in [2.75, 3.05) is 13.1 Å². The van der Waals surface area contributed by atoms with Crippen LogP contribution in [0.25, 0.3) is 0 Å². The van der Waals surface area contributed by atoms with E-state index in [1.807, 2.05) is 0 Å². The molecule has 2 rings (SSSR count). The van der Waals surface area contributed by atoms with Crippen LogP contribution in [-0.4, -0.2) is 18.2 Å². The lowest BCUT2D eigenvalue weighted by molar-refractivity contribution is 0.318. The predicted molar refractivity (Wildman–Crippen MR) is 59.9 cm³/mol. The fourth-order valence-electron chi connectivity index (χ4n) is 2.08. The molecule has 84 valence electrons. The topological polar surface area (TPSA) is 38.1 Å². The second-order valence-corrected chi connectivity index (χ2v) is 4.79. The van der Waals surface area contributed by atoms with Crippen LogP contribution in [0, 0.1) is 5.92 Å². The Morgan fingerprint density at radius 2 is 2.47 bits per heavy atom. The molecule has 1 aliphatic heterocycles. The summed E-state index contributed by atoms with van der Waals surface area (Å²) in [5.74, 6) is 2.24. The Morgan fingerprint density at radius 1 is 1.60 bits per heavy atom. The summed E-state index contributed by atoms with van der Waals surface area (Å²) in [6.45, 7) is 6.58. The molecule has 1 aliphatic rings. The molecule has 0 bridgehead atoms. The van der Waals surface area contributed by atoms with Crippen molar-refractivity contribution < 1.29 is 4.52 Å². The highest BCUT2D eigenvalue weighted by molar-refractivity contribution is 5.09. The second-order valence-electron chi connectivity index (χ2n) is 4.79. The smallest absolute Gasteiger partial charge is 0.137 e. The zero-order valence-corrected chi connectivity index (χ0v) is 9.62. The molecule has 0 saturated carbocycles. The van der Waals surface area contributed by atoms with Crippen molar-refractivity contribution in [1.29, 1.82) is 0 Å². The molecule has 0 spiro atoms. The van der Waals surface area contributed by atoms with Gasteiger partial charge in [-0.1, -0.05) is 19.0 Å². The van der Waals surface area contributed by atoms with Gasteiger partial charge in [0.25, 0.3) is 0 Å². The van der Waals surface area contributed by atoms with E-state index in [-0.39, 0.29) is 0 Å². The fraction of sp³-hybridized carbons (Fsp3) is 0.750. The van der Waals surface area contributed by atoms with Crippen molar-refractivity contribution in [3.8, 4) is 0 Å². The predicted octanol–water partition coefficient (Wildman–Crippen LogP) is 2.34. The average molecular weight is 208 g/mol. The maximum atomic E-state index is 5.35. The van der Waals surface area contributed by atoms with E-state index in [0.717, 1.165) is 30.3 Å². The van der Waals surface area contributed by atoms with Gasteiger partial charge in [0.2, 0.25) is 0 Å². The van der Waals surface area contributed by atoms with Crippen LogP contribution in [0.3, 0.4) is 0 Å². The largest absolute Gasteiger partial charge is 0.361 e. The normalized spacial score (nSPS) is 22.2. The molecule has 15 heavy (non-hydrogen) atoms. The van der Waals surface area contributed by atoms with Gasteiger partial charge in [-0.25, -0.2) is 0 Å². The van der Waals surface area contributed by atoms with Gasteiger partial charge >= 0.3 is 0 Å². The number of piperidine rings is 1. The van der Waals surface area contributed by atoms with Gasteiger partial charge in [-0.3, -0.25) is 0 Å². The highest BCUT2D eigenvalue weighted by atomic mass is 16.5. The Hall–Kier alpha value is -0.830. The van der Waals surface area contributed by atoms with E-state index < -0.39 is 0 Å². The third-order valence-electron chi connectivity index (χ3n) is 3.06. The van der Waals surface area contributed by atoms with Crippen molar-refractivity contribution in [3.63, 3.8) is 0 Å². The van der Waals surface area contributed by atoms with Crippen LogP contribution < -0.4 is 5.32 Å². The summed E-state index contributed by atoms with van der Waals surface area (Å²) in [5, 5.41) is 7.51. The minimum Gasteiger partial charge on any atom is -0.361 e. The Labute approximate surface area is 91.2 Å². The zero-order valence-electron chi connectivity index (χ0n) is 9.62. The summed E-state index contributed by atoms with van der Waals surface area (Å²) >= 11 is 0. The number of nitrogens with one attached hydrogen (secondary N) is 1. The van der Waals surface area contributed by atoms with Crippen molar-refractivity contribution in [1.82, 2.24) is 10.5 Å². The first-order chi connectivity index (χ1) is 7.25. The van der Waals surface area contributed by atoms with Crippen LogP contribution in [0.5, 0.6) is 0 Å². The summed E-state index contributed by atoms with van der Waals surface area (Å²) < 4.78 is 5.35. The molecule has 3 heteroatoms. The molecule has 2 heterocycles. The van der Waals surface area contributed by atoms with E-state index in [1.54, 1.807) is 0 Å². The Bertz CT molecular complexity index is 300. The van der Waals surface area contributed by atoms with Crippen LogP contribution in [0.1, 0.15) is 44.1 Å². The summed E-state index contributed by atoms with van der Waals surface area (Å²) in [6, 6.07) is 2.11. The first kappa shape index (κ1) is 10.7. The molecule has 1 aromatic rings. The van der Waals surface area contributed by atoms with Crippen molar-refractivity contribution in [3.05, 3.63) is 17.5 Å². The number of hydrogen-bond acceptors (Lipinski definition) is 3. The van der Waals surface area contributed by atoms with Crippen molar-refractivity contribution in [2.45, 2.75) is 39.0 Å². The molecule has 1 fully saturated rings. The summed E-state index contributed by atoms with van der Waals surface area (Å²) in [6.07, 6.45) is 3.63. The molecule has 1 N–H and O–H groups in total. The summed E-state index contributed by atoms with van der Waals surface area (Å²) in [7, 11) is 0. The van der Waals surface area contributed by atoms with E-state index in [9.17, 15) is 0 Å². The third kappa shape index (κ3) is 2.81. The summed E-state index contributed by atoms with van der Waals surface area (Å²) in [4.78, 5) is 0. The van der Waals surface area contributed by atoms with E-state index in [0.29, 0.717) is 5.92 Å². The van der Waals surface area contributed by atoms with Gasteiger partial charge in [0.1, 0.15) is 5.76 Å². The molecular weight excluding hydrogens is 188 g/mol. The molecular formula is C12H20N2O. The van der Waals surface area contributed by atoms with Crippen molar-refractivity contribution >= 4 is 0 Å². The molecule has 0 amide bonds. The van der Waals surface area contributed by atoms with Crippen LogP contribution in [0.4, 0.5) is 0 Å². The second kappa shape index (κ2) is 4.79. The van der Waals surface area contributed by atoms with Crippen LogP contribution in [0.15, 0.2) is 10.6 Å². The molecule has 0 aliphatic carbocycles. The lowest BCUT2D eigenvalue weighted by atomic mass is 9.95. The maximum absolute atomic E-state index is 5.35. The standard InChI is InChI=1S/C12H20N2O/c1-9(2)12-7-11(15-14-12)6-10-4-3-5-13-8-10/h7,9-10,13H,3-6,8H2,1-2H3. The number of nitrogens with zero attached hydrogens (tertiary/aromatic N) is 1. The molecule has 3 nitrogen and oxygen atoms in total. The van der Waals surface area contributed by atoms with Gasteiger partial charge in [0, 0.05) is 12.5 Å². The average Bonchev–Trinajstić information content (AvgIpc) is 2.68. The van der Waals surface area contributed by atoms with Crippen LogP contribution >= 0.6 is 0 Å². The zero-order chi connectivity index (χ0) is 10.7. The minimum atomic E-state index is 0.465. The van der Waals surface area contributed by atoms with Gasteiger partial charge in [-0.2, -0.15) is 0 Å². The van der Waals surface area contributed by atoms with E-state index in [1.165, 1.54) is 19.4 Å². The maximum Gasteiger partial charge on any atom is 0.137 e. The fourth-order valence-corrected chi connectivity index (χ4v) is 2.08. The van der Waals surface area contributed by atoms with E-state index >= 15 is 0 Å². The van der Waals surface area contributed by atoms with E-state index in [2.05, 4.69) is 30.4 Å². The van der Waals surface area contributed by atoms with Gasteiger partial charge in [0.05, 0.1) is 5.69 Å². The third-order valence-corrected chi connectivity index (χ3v) is 3.06. The first-order valence-electron chi connectivity index (χ1n) is 5.92. The molecule has 1 atom stereocenters. The summed E-state index contributed by atoms with van der Waals surface area (Å²) in [5.41, 5.74) is 1.08. The molecule has 0 radical (unpaired) electrons. The van der Waals surface area contributed by atoms with Crippen LogP contribution in [0.2, 0.25) is 0 Å². The Kier molecular flexibility index (Phi) is 3.41. The monoisotopic (exact) mass is 208 g/mol. The van der Waals surface area contributed by atoms with Crippen LogP contribution in [-0.2, 0) is 6.42 Å². The van der Waals surface area contributed by atoms with Gasteiger partial charge in [0.15, 0.2) is 0 Å². The highest BCUT2D eigenvalue weighted by Crippen LogP contribution is 2.19. The molecule has 1 saturated heterocycles. The first-order valence-corrected chi connectivity index (χ1v) is 5.92. The number of hydrogen-bond donors (Lipinski definition) is 1. The van der Waals surface area contributed by atoms with Gasteiger partial charge in [-0.15, -0.1) is 0 Å². The quantitative estimate of drug-likeness (QED) is 0.828. The number of aromatic nitrogens is 1. The lowest BCUT2D eigenvalue weighted by Gasteiger charge is -2.21. The lowest BCUT2D eigenvalue weighted by Crippen LogP contribution is -2.30. The minimum absolute atomic E-state index is 0.465. The van der Waals surface area contributed by atoms with E-state index in [4.69, 9.17) is 4.52 Å². The highest BCUT2D eigenvalue weighted by Gasteiger charge is 2.16. The van der Waals surface area contributed by atoms with Crippen molar-refractivity contribution in [2.24, 2.45) is 5.92 Å². The Morgan fingerprint density at radius 3 is 3.07 bits per heavy atom. The molecule has 1 aromatic heterocycles. The van der Waals surface area contributed by atoms with Gasteiger partial charge < -0.3 is 9.84 Å².